The summed E-state index contributed by atoms with van der Waals surface area (Å²) in [7, 11) is 0. The molecule has 0 aliphatic heterocycles. The number of benzene rings is 1. The van der Waals surface area contributed by atoms with Gasteiger partial charge in [0.25, 0.3) is 5.56 Å². The highest BCUT2D eigenvalue weighted by atomic mass is 35.5. The van der Waals surface area contributed by atoms with Crippen molar-refractivity contribution in [2.45, 2.75) is 5.16 Å². The van der Waals surface area contributed by atoms with Gasteiger partial charge in [0, 0.05) is 11.6 Å². The number of H-pyrrole nitrogens is 1. The van der Waals surface area contributed by atoms with Gasteiger partial charge in [-0.3, -0.25) is 9.59 Å². The molecule has 0 fully saturated rings. The Morgan fingerprint density at radius 3 is 3.08 bits per heavy atom. The Labute approximate surface area is 152 Å². The van der Waals surface area contributed by atoms with E-state index in [4.69, 9.17) is 11.6 Å². The third-order valence-corrected chi connectivity index (χ3v) is 4.36. The molecular formula is C16H14ClN5O2S. The van der Waals surface area contributed by atoms with Crippen LogP contribution < -0.4 is 10.9 Å². The van der Waals surface area contributed by atoms with Crippen molar-refractivity contribution in [2.75, 3.05) is 12.3 Å². The Kier molecular flexibility index (Phi) is 5.20. The lowest BCUT2D eigenvalue weighted by Gasteiger charge is -2.05. The van der Waals surface area contributed by atoms with E-state index in [2.05, 4.69) is 27.0 Å². The molecule has 0 spiro atoms. The maximum Gasteiger partial charge on any atom is 0.262 e. The summed E-state index contributed by atoms with van der Waals surface area (Å²) >= 11 is 7.15. The van der Waals surface area contributed by atoms with Crippen LogP contribution >= 0.6 is 23.4 Å². The molecule has 0 aliphatic carbocycles. The number of rotatable bonds is 6. The minimum atomic E-state index is -0.313. The van der Waals surface area contributed by atoms with E-state index in [0.29, 0.717) is 33.4 Å². The zero-order chi connectivity index (χ0) is 17.8. The second-order valence-corrected chi connectivity index (χ2v) is 6.43. The van der Waals surface area contributed by atoms with Gasteiger partial charge in [0.05, 0.1) is 17.6 Å². The number of nitrogens with zero attached hydrogens (tertiary/aromatic N) is 3. The molecule has 0 saturated heterocycles. The van der Waals surface area contributed by atoms with E-state index in [1.165, 1.54) is 10.9 Å². The first-order chi connectivity index (χ1) is 12.1. The third kappa shape index (κ3) is 3.92. The van der Waals surface area contributed by atoms with E-state index in [9.17, 15) is 9.59 Å². The highest BCUT2D eigenvalue weighted by Gasteiger charge is 2.13. The summed E-state index contributed by atoms with van der Waals surface area (Å²) in [4.78, 5) is 31.0. The summed E-state index contributed by atoms with van der Waals surface area (Å²) in [6, 6.07) is 7.08. The predicted molar refractivity (Wildman–Crippen MR) is 98.4 cm³/mol. The fraction of sp³-hybridized carbons (Fsp3) is 0.125. The maximum absolute atomic E-state index is 12.2. The van der Waals surface area contributed by atoms with Crippen molar-refractivity contribution >= 4 is 40.3 Å². The molecule has 3 rings (SSSR count). The highest BCUT2D eigenvalue weighted by molar-refractivity contribution is 7.99. The Morgan fingerprint density at radius 1 is 1.48 bits per heavy atom. The Hall–Kier alpha value is -2.58. The number of nitrogens with one attached hydrogen (secondary N) is 2. The van der Waals surface area contributed by atoms with E-state index in [1.54, 1.807) is 24.3 Å². The van der Waals surface area contributed by atoms with E-state index in [1.807, 2.05) is 6.07 Å². The normalized spacial score (nSPS) is 10.8. The summed E-state index contributed by atoms with van der Waals surface area (Å²) in [5, 5.41) is 8.14. The van der Waals surface area contributed by atoms with Gasteiger partial charge < -0.3 is 10.3 Å². The number of hydrogen-bond acceptors (Lipinski definition) is 5. The van der Waals surface area contributed by atoms with Crippen LogP contribution in [0.25, 0.3) is 16.7 Å². The Balaban J connectivity index is 1.92. The first-order valence-electron chi connectivity index (χ1n) is 7.33. The van der Waals surface area contributed by atoms with Crippen LogP contribution in [0.1, 0.15) is 0 Å². The Morgan fingerprint density at radius 2 is 2.32 bits per heavy atom. The van der Waals surface area contributed by atoms with Crippen LogP contribution in [0.15, 0.2) is 53.1 Å². The largest absolute Gasteiger partial charge is 0.352 e. The average molecular weight is 376 g/mol. The molecule has 0 radical (unpaired) electrons. The quantitative estimate of drug-likeness (QED) is 0.391. The molecular weight excluding hydrogens is 362 g/mol. The lowest BCUT2D eigenvalue weighted by Crippen LogP contribution is -2.25. The molecule has 1 amide bonds. The van der Waals surface area contributed by atoms with E-state index < -0.39 is 0 Å². The number of hydrogen-bond donors (Lipinski definition) is 2. The number of carbonyl (C=O) groups excluding carboxylic acids is 1. The van der Waals surface area contributed by atoms with Crippen LogP contribution in [0, 0.1) is 0 Å². The minimum absolute atomic E-state index is 0.133. The number of thioether (sulfide) groups is 1. The SMILES string of the molecule is C=CCNC(=O)CSc1nc2c(cnn2-c2cccc(Cl)c2)c(=O)[nH]1. The zero-order valence-electron chi connectivity index (χ0n) is 13.0. The van der Waals surface area contributed by atoms with E-state index in [0.717, 1.165) is 11.8 Å². The number of amides is 1. The molecule has 0 aliphatic rings. The summed E-state index contributed by atoms with van der Waals surface area (Å²) in [5.41, 5.74) is 0.785. The summed E-state index contributed by atoms with van der Waals surface area (Å²) in [6.07, 6.45) is 3.05. The molecule has 3 aromatic rings. The van der Waals surface area contributed by atoms with Crippen molar-refractivity contribution in [1.29, 1.82) is 0 Å². The number of fused-ring (bicyclic) bond motifs is 1. The van der Waals surface area contributed by atoms with Gasteiger partial charge in [-0.25, -0.2) is 9.67 Å². The molecule has 1 aromatic carbocycles. The predicted octanol–water partition coefficient (Wildman–Crippen LogP) is 2.16. The lowest BCUT2D eigenvalue weighted by molar-refractivity contribution is -0.118. The molecule has 7 nitrogen and oxygen atoms in total. The topological polar surface area (TPSA) is 92.7 Å². The number of halogens is 1. The van der Waals surface area contributed by atoms with Crippen LogP contribution in [0.4, 0.5) is 0 Å². The molecule has 128 valence electrons. The maximum atomic E-state index is 12.2. The summed E-state index contributed by atoms with van der Waals surface area (Å²) in [5.74, 6) is -0.0378. The van der Waals surface area contributed by atoms with Crippen LogP contribution in [0.3, 0.4) is 0 Å². The molecule has 2 aromatic heterocycles. The fourth-order valence-electron chi connectivity index (χ4n) is 2.13. The van der Waals surface area contributed by atoms with Crippen LogP contribution in [-0.4, -0.2) is 38.0 Å². The van der Waals surface area contributed by atoms with Gasteiger partial charge >= 0.3 is 0 Å². The second-order valence-electron chi connectivity index (χ2n) is 5.03. The van der Waals surface area contributed by atoms with E-state index >= 15 is 0 Å². The van der Waals surface area contributed by atoms with Gasteiger partial charge in [-0.2, -0.15) is 5.10 Å². The molecule has 0 unspecified atom stereocenters. The molecule has 2 N–H and O–H groups in total. The second kappa shape index (κ2) is 7.54. The van der Waals surface area contributed by atoms with Gasteiger partial charge in [0.2, 0.25) is 5.91 Å². The Bertz CT molecular complexity index is 998. The smallest absolute Gasteiger partial charge is 0.262 e. The highest BCUT2D eigenvalue weighted by Crippen LogP contribution is 2.19. The molecule has 9 heteroatoms. The van der Waals surface area contributed by atoms with Gasteiger partial charge in [-0.15, -0.1) is 6.58 Å². The standard InChI is InChI=1S/C16H14ClN5O2S/c1-2-6-18-13(23)9-25-16-20-14-12(15(24)21-16)8-19-22(14)11-5-3-4-10(17)7-11/h2-5,7-8H,1,6,9H2,(H,18,23)(H,20,21,24). The zero-order valence-corrected chi connectivity index (χ0v) is 14.6. The van der Waals surface area contributed by atoms with Crippen molar-refractivity contribution in [1.82, 2.24) is 25.1 Å². The fourth-order valence-corrected chi connectivity index (χ4v) is 3.00. The van der Waals surface area contributed by atoms with Crippen LogP contribution in [-0.2, 0) is 4.79 Å². The van der Waals surface area contributed by atoms with Crippen LogP contribution in [0.2, 0.25) is 5.02 Å². The average Bonchev–Trinajstić information content (AvgIpc) is 3.02. The molecule has 0 atom stereocenters. The van der Waals surface area contributed by atoms with Crippen molar-refractivity contribution in [3.63, 3.8) is 0 Å². The van der Waals surface area contributed by atoms with Gasteiger partial charge in [-0.1, -0.05) is 35.5 Å². The molecule has 0 bridgehead atoms. The summed E-state index contributed by atoms with van der Waals surface area (Å²) in [6.45, 7) is 3.93. The summed E-state index contributed by atoms with van der Waals surface area (Å²) < 4.78 is 1.54. The van der Waals surface area contributed by atoms with Crippen molar-refractivity contribution in [3.05, 3.63) is 58.5 Å². The number of aromatic nitrogens is 4. The number of aromatic amines is 1. The van der Waals surface area contributed by atoms with Gasteiger partial charge in [-0.05, 0) is 18.2 Å². The molecule has 0 saturated carbocycles. The van der Waals surface area contributed by atoms with Crippen molar-refractivity contribution < 1.29 is 4.79 Å². The van der Waals surface area contributed by atoms with Crippen molar-refractivity contribution in [2.24, 2.45) is 0 Å². The third-order valence-electron chi connectivity index (χ3n) is 3.25. The van der Waals surface area contributed by atoms with Crippen LogP contribution in [0.5, 0.6) is 0 Å². The molecule has 2 heterocycles. The van der Waals surface area contributed by atoms with Crippen molar-refractivity contribution in [3.8, 4) is 5.69 Å². The first kappa shape index (κ1) is 17.2. The lowest BCUT2D eigenvalue weighted by atomic mass is 10.3. The van der Waals surface area contributed by atoms with Gasteiger partial charge in [0.1, 0.15) is 5.39 Å². The molecule has 25 heavy (non-hydrogen) atoms. The van der Waals surface area contributed by atoms with Gasteiger partial charge in [0.15, 0.2) is 10.8 Å². The minimum Gasteiger partial charge on any atom is -0.352 e. The number of carbonyl (C=O) groups is 1. The monoisotopic (exact) mass is 375 g/mol. The first-order valence-corrected chi connectivity index (χ1v) is 8.69. The van der Waals surface area contributed by atoms with E-state index in [-0.39, 0.29) is 17.2 Å².